The first-order chi connectivity index (χ1) is 9.34. The standard InChI is InChI=1S/C18H25NO/c1-12-5-7-13(8-6-12)16(20)19-15-11-14-9-10-18(15,4)17(14,2)3/h5-8,14-15H,9-11H2,1-4H3,(H,19,20)/t14-,15-,18+/m1/s1. The molecule has 2 saturated carbocycles. The normalized spacial score (nSPS) is 34.2. The predicted octanol–water partition coefficient (Wildman–Crippen LogP) is 3.94. The topological polar surface area (TPSA) is 29.1 Å². The summed E-state index contributed by atoms with van der Waals surface area (Å²) in [6, 6.07) is 8.17. The highest BCUT2D eigenvalue weighted by Gasteiger charge is 2.61. The second-order valence-electron chi connectivity index (χ2n) is 7.50. The Morgan fingerprint density at radius 1 is 1.20 bits per heavy atom. The Morgan fingerprint density at radius 2 is 1.85 bits per heavy atom. The first-order valence-corrected chi connectivity index (χ1v) is 7.72. The molecule has 1 aromatic carbocycles. The first kappa shape index (κ1) is 13.7. The highest BCUT2D eigenvalue weighted by molar-refractivity contribution is 5.94. The third-order valence-electron chi connectivity index (χ3n) is 6.41. The Hall–Kier alpha value is -1.31. The molecule has 2 heteroatoms. The van der Waals surface area contributed by atoms with Gasteiger partial charge in [0.1, 0.15) is 0 Å². The van der Waals surface area contributed by atoms with Crippen LogP contribution in [-0.4, -0.2) is 11.9 Å². The summed E-state index contributed by atoms with van der Waals surface area (Å²) in [7, 11) is 0. The van der Waals surface area contributed by atoms with Gasteiger partial charge in [0.15, 0.2) is 0 Å². The number of fused-ring (bicyclic) bond motifs is 2. The smallest absolute Gasteiger partial charge is 0.251 e. The minimum Gasteiger partial charge on any atom is -0.349 e. The molecule has 0 spiro atoms. The van der Waals surface area contributed by atoms with Gasteiger partial charge in [0.2, 0.25) is 0 Å². The number of carbonyl (C=O) groups excluding carboxylic acids is 1. The van der Waals surface area contributed by atoms with E-state index in [0.717, 1.165) is 17.9 Å². The summed E-state index contributed by atoms with van der Waals surface area (Å²) in [6.07, 6.45) is 3.70. The van der Waals surface area contributed by atoms with Crippen LogP contribution in [0.2, 0.25) is 0 Å². The maximum absolute atomic E-state index is 12.4. The Kier molecular flexibility index (Phi) is 2.97. The number of amides is 1. The summed E-state index contributed by atoms with van der Waals surface area (Å²) in [5, 5.41) is 3.30. The number of hydrogen-bond donors (Lipinski definition) is 1. The average molecular weight is 271 g/mol. The number of rotatable bonds is 2. The Labute approximate surface area is 122 Å². The van der Waals surface area contributed by atoms with Crippen LogP contribution in [0.1, 0.15) is 56.0 Å². The molecule has 2 fully saturated rings. The first-order valence-electron chi connectivity index (χ1n) is 7.72. The van der Waals surface area contributed by atoms with Crippen LogP contribution in [0, 0.1) is 23.7 Å². The number of hydrogen-bond acceptors (Lipinski definition) is 1. The predicted molar refractivity (Wildman–Crippen MR) is 81.7 cm³/mol. The molecule has 0 aliphatic heterocycles. The molecule has 1 amide bonds. The lowest BCUT2D eigenvalue weighted by atomic mass is 9.69. The van der Waals surface area contributed by atoms with E-state index >= 15 is 0 Å². The zero-order chi connectivity index (χ0) is 14.5. The SMILES string of the molecule is Cc1ccc(C(=O)N[C@@H]2C[C@H]3CC[C@]2(C)C3(C)C)cc1. The van der Waals surface area contributed by atoms with Crippen molar-refractivity contribution in [2.75, 3.05) is 0 Å². The van der Waals surface area contributed by atoms with Gasteiger partial charge in [-0.2, -0.15) is 0 Å². The van der Waals surface area contributed by atoms with E-state index < -0.39 is 0 Å². The van der Waals surface area contributed by atoms with E-state index in [-0.39, 0.29) is 11.3 Å². The Balaban J connectivity index is 1.76. The van der Waals surface area contributed by atoms with Crippen molar-refractivity contribution in [2.45, 2.75) is 53.0 Å². The molecule has 0 aromatic heterocycles. The highest BCUT2D eigenvalue weighted by Crippen LogP contribution is 2.65. The van der Waals surface area contributed by atoms with Gasteiger partial charge in [-0.3, -0.25) is 4.79 Å². The molecule has 2 aliphatic rings. The molecular formula is C18H25NO. The lowest BCUT2D eigenvalue weighted by molar-refractivity contribution is 0.0826. The van der Waals surface area contributed by atoms with Crippen molar-refractivity contribution in [3.8, 4) is 0 Å². The molecule has 3 rings (SSSR count). The third kappa shape index (κ3) is 1.81. The van der Waals surface area contributed by atoms with Gasteiger partial charge in [0.05, 0.1) is 0 Å². The monoisotopic (exact) mass is 271 g/mol. The summed E-state index contributed by atoms with van der Waals surface area (Å²) in [5.41, 5.74) is 2.56. The molecule has 0 heterocycles. The van der Waals surface area contributed by atoms with E-state index in [2.05, 4.69) is 26.1 Å². The Morgan fingerprint density at radius 3 is 2.35 bits per heavy atom. The van der Waals surface area contributed by atoms with Gasteiger partial charge >= 0.3 is 0 Å². The molecule has 1 N–H and O–H groups in total. The summed E-state index contributed by atoms with van der Waals surface area (Å²) in [4.78, 5) is 12.4. The largest absolute Gasteiger partial charge is 0.349 e. The maximum atomic E-state index is 12.4. The zero-order valence-electron chi connectivity index (χ0n) is 13.0. The van der Waals surface area contributed by atoms with E-state index in [0.29, 0.717) is 11.5 Å². The van der Waals surface area contributed by atoms with Crippen molar-refractivity contribution in [1.29, 1.82) is 0 Å². The lowest BCUT2D eigenvalue weighted by Gasteiger charge is -2.39. The minimum atomic E-state index is 0.0829. The molecular weight excluding hydrogens is 246 g/mol. The molecule has 20 heavy (non-hydrogen) atoms. The van der Waals surface area contributed by atoms with Crippen LogP contribution in [0.3, 0.4) is 0 Å². The third-order valence-corrected chi connectivity index (χ3v) is 6.41. The van der Waals surface area contributed by atoms with E-state index in [4.69, 9.17) is 0 Å². The maximum Gasteiger partial charge on any atom is 0.251 e. The van der Waals surface area contributed by atoms with E-state index in [1.54, 1.807) is 0 Å². The molecule has 0 radical (unpaired) electrons. The fraction of sp³-hybridized carbons (Fsp3) is 0.611. The van der Waals surface area contributed by atoms with Crippen molar-refractivity contribution in [3.63, 3.8) is 0 Å². The van der Waals surface area contributed by atoms with Crippen molar-refractivity contribution >= 4 is 5.91 Å². The van der Waals surface area contributed by atoms with Crippen LogP contribution < -0.4 is 5.32 Å². The van der Waals surface area contributed by atoms with Gasteiger partial charge in [-0.25, -0.2) is 0 Å². The van der Waals surface area contributed by atoms with Crippen LogP contribution in [-0.2, 0) is 0 Å². The summed E-state index contributed by atoms with van der Waals surface area (Å²) < 4.78 is 0. The van der Waals surface area contributed by atoms with Crippen LogP contribution in [0.5, 0.6) is 0 Å². The van der Waals surface area contributed by atoms with Gasteiger partial charge < -0.3 is 5.32 Å². The van der Waals surface area contributed by atoms with Gasteiger partial charge in [0, 0.05) is 11.6 Å². The molecule has 0 saturated heterocycles. The van der Waals surface area contributed by atoms with Crippen molar-refractivity contribution in [2.24, 2.45) is 16.7 Å². The van der Waals surface area contributed by atoms with E-state index in [1.165, 1.54) is 18.4 Å². The number of nitrogens with one attached hydrogen (secondary N) is 1. The molecule has 108 valence electrons. The van der Waals surface area contributed by atoms with Crippen LogP contribution in [0.15, 0.2) is 24.3 Å². The fourth-order valence-corrected chi connectivity index (χ4v) is 4.37. The van der Waals surface area contributed by atoms with Gasteiger partial charge in [0.25, 0.3) is 5.91 Å². The second-order valence-corrected chi connectivity index (χ2v) is 7.50. The highest BCUT2D eigenvalue weighted by atomic mass is 16.1. The molecule has 2 aliphatic carbocycles. The van der Waals surface area contributed by atoms with Crippen molar-refractivity contribution in [3.05, 3.63) is 35.4 Å². The molecule has 3 atom stereocenters. The summed E-state index contributed by atoms with van der Waals surface area (Å²) in [5.74, 6) is 0.843. The second kappa shape index (κ2) is 4.34. The van der Waals surface area contributed by atoms with Crippen LogP contribution in [0.4, 0.5) is 0 Å². The number of carbonyl (C=O) groups is 1. The van der Waals surface area contributed by atoms with Crippen molar-refractivity contribution < 1.29 is 4.79 Å². The summed E-state index contributed by atoms with van der Waals surface area (Å²) >= 11 is 0. The van der Waals surface area contributed by atoms with E-state index in [1.807, 2.05) is 31.2 Å². The molecule has 1 aromatic rings. The Bertz CT molecular complexity index is 531. The van der Waals surface area contributed by atoms with Crippen LogP contribution >= 0.6 is 0 Å². The van der Waals surface area contributed by atoms with Crippen molar-refractivity contribution in [1.82, 2.24) is 5.32 Å². The van der Waals surface area contributed by atoms with Gasteiger partial charge in [-0.05, 0) is 55.1 Å². The van der Waals surface area contributed by atoms with Crippen LogP contribution in [0.25, 0.3) is 0 Å². The quantitative estimate of drug-likeness (QED) is 0.867. The van der Waals surface area contributed by atoms with Gasteiger partial charge in [-0.1, -0.05) is 38.5 Å². The van der Waals surface area contributed by atoms with E-state index in [9.17, 15) is 4.79 Å². The summed E-state index contributed by atoms with van der Waals surface area (Å²) in [6.45, 7) is 9.16. The average Bonchev–Trinajstić information content (AvgIpc) is 2.72. The molecule has 0 unspecified atom stereocenters. The lowest BCUT2D eigenvalue weighted by Crippen LogP contribution is -2.46. The molecule has 2 bridgehead atoms. The zero-order valence-corrected chi connectivity index (χ0v) is 13.0. The molecule has 2 nitrogen and oxygen atoms in total. The van der Waals surface area contributed by atoms with Gasteiger partial charge in [-0.15, -0.1) is 0 Å². The minimum absolute atomic E-state index is 0.0829. The number of aryl methyl sites for hydroxylation is 1. The number of benzene rings is 1. The fourth-order valence-electron chi connectivity index (χ4n) is 4.37.